The summed E-state index contributed by atoms with van der Waals surface area (Å²) in [5, 5.41) is 11.9. The molecule has 0 radical (unpaired) electrons. The van der Waals surface area contributed by atoms with Crippen LogP contribution in [-0.2, 0) is 4.79 Å². The Morgan fingerprint density at radius 2 is 1.94 bits per heavy atom. The van der Waals surface area contributed by atoms with Gasteiger partial charge in [0.15, 0.2) is 5.78 Å². The third-order valence-corrected chi connectivity index (χ3v) is 9.55. The quantitative estimate of drug-likeness (QED) is 0.525. The van der Waals surface area contributed by atoms with Crippen molar-refractivity contribution in [3.8, 4) is 11.8 Å². The number of carbonyl (C=O) groups excluding carboxylic acids is 1. The zero-order valence-electron chi connectivity index (χ0n) is 19.7. The molecule has 3 heteroatoms. The zero-order chi connectivity index (χ0) is 23.0. The van der Waals surface area contributed by atoms with E-state index in [1.165, 1.54) is 16.7 Å². The van der Waals surface area contributed by atoms with Gasteiger partial charge in [-0.1, -0.05) is 36.5 Å². The molecule has 33 heavy (non-hydrogen) atoms. The molecule has 0 saturated heterocycles. The van der Waals surface area contributed by atoms with Crippen molar-refractivity contribution >= 4 is 5.78 Å². The van der Waals surface area contributed by atoms with Crippen molar-refractivity contribution in [1.29, 1.82) is 0 Å². The Morgan fingerprint density at radius 3 is 2.70 bits per heavy atom. The van der Waals surface area contributed by atoms with Gasteiger partial charge >= 0.3 is 0 Å². The summed E-state index contributed by atoms with van der Waals surface area (Å²) < 4.78 is 14.7. The summed E-state index contributed by atoms with van der Waals surface area (Å²) in [6.07, 6.45) is 9.99. The van der Waals surface area contributed by atoms with Crippen LogP contribution in [0.5, 0.6) is 0 Å². The van der Waals surface area contributed by atoms with E-state index in [1.54, 1.807) is 13.0 Å². The largest absolute Gasteiger partial charge is 0.377 e. The van der Waals surface area contributed by atoms with E-state index in [4.69, 9.17) is 0 Å². The summed E-state index contributed by atoms with van der Waals surface area (Å²) in [7, 11) is 0. The van der Waals surface area contributed by atoms with Crippen LogP contribution < -0.4 is 0 Å². The van der Waals surface area contributed by atoms with Gasteiger partial charge in [-0.3, -0.25) is 4.79 Å². The Hall–Kier alpha value is -2.18. The van der Waals surface area contributed by atoms with Crippen molar-refractivity contribution in [3.05, 3.63) is 57.9 Å². The Labute approximate surface area is 196 Å². The fourth-order valence-corrected chi connectivity index (χ4v) is 7.44. The maximum atomic E-state index is 14.7. The van der Waals surface area contributed by atoms with Crippen LogP contribution in [0.3, 0.4) is 0 Å². The SMILES string of the molecule is Cc1ccc([C@H]2C[C@@]3(C)[C@@H](CC[C@@]3(O)C#CC3CC3)[C@@H]3CCC4=CC(=O)CCC4=C32)cc1F. The van der Waals surface area contributed by atoms with Crippen molar-refractivity contribution in [3.63, 3.8) is 0 Å². The zero-order valence-corrected chi connectivity index (χ0v) is 19.7. The average Bonchev–Trinajstić information content (AvgIpc) is 3.58. The number of carbonyl (C=O) groups is 1. The Balaban J connectivity index is 1.51. The van der Waals surface area contributed by atoms with E-state index >= 15 is 0 Å². The summed E-state index contributed by atoms with van der Waals surface area (Å²) in [4.78, 5) is 12.2. The highest BCUT2D eigenvalue weighted by Gasteiger charge is 2.62. The van der Waals surface area contributed by atoms with Crippen LogP contribution in [0.25, 0.3) is 0 Å². The maximum absolute atomic E-state index is 14.7. The number of fused-ring (bicyclic) bond motifs is 4. The van der Waals surface area contributed by atoms with Gasteiger partial charge in [0, 0.05) is 23.7 Å². The number of rotatable bonds is 1. The van der Waals surface area contributed by atoms with Gasteiger partial charge in [-0.2, -0.15) is 0 Å². The molecule has 0 unspecified atom stereocenters. The third kappa shape index (κ3) is 3.28. The summed E-state index contributed by atoms with van der Waals surface area (Å²) in [6.45, 7) is 4.06. The fraction of sp³-hybridized carbons (Fsp3) is 0.567. The van der Waals surface area contributed by atoms with E-state index in [-0.39, 0.29) is 22.9 Å². The average molecular weight is 445 g/mol. The molecule has 0 bridgehead atoms. The topological polar surface area (TPSA) is 37.3 Å². The highest BCUT2D eigenvalue weighted by molar-refractivity contribution is 5.93. The van der Waals surface area contributed by atoms with Gasteiger partial charge in [-0.05, 0) is 105 Å². The summed E-state index contributed by atoms with van der Waals surface area (Å²) in [5.74, 6) is 8.08. The van der Waals surface area contributed by atoms with Gasteiger partial charge in [-0.25, -0.2) is 4.39 Å². The molecule has 5 atom stereocenters. The number of hydrogen-bond acceptors (Lipinski definition) is 2. The summed E-state index contributed by atoms with van der Waals surface area (Å²) >= 11 is 0. The van der Waals surface area contributed by atoms with Crippen molar-refractivity contribution in [2.24, 2.45) is 23.2 Å². The number of hydrogen-bond donors (Lipinski definition) is 1. The number of halogens is 1. The first-order valence-corrected chi connectivity index (χ1v) is 12.8. The molecule has 3 saturated carbocycles. The predicted octanol–water partition coefficient (Wildman–Crippen LogP) is 6.18. The first-order chi connectivity index (χ1) is 15.8. The Kier molecular flexibility index (Phi) is 4.80. The van der Waals surface area contributed by atoms with Crippen molar-refractivity contribution in [2.45, 2.75) is 83.2 Å². The van der Waals surface area contributed by atoms with Gasteiger partial charge in [-0.15, -0.1) is 0 Å². The number of benzene rings is 1. The molecular formula is C30H33FO2. The molecule has 0 amide bonds. The van der Waals surface area contributed by atoms with Gasteiger partial charge in [0.1, 0.15) is 11.4 Å². The monoisotopic (exact) mass is 444 g/mol. The van der Waals surface area contributed by atoms with Gasteiger partial charge in [0.25, 0.3) is 0 Å². The van der Waals surface area contributed by atoms with Crippen LogP contribution in [0.4, 0.5) is 4.39 Å². The van der Waals surface area contributed by atoms with Crippen LogP contribution in [0.2, 0.25) is 0 Å². The minimum atomic E-state index is -0.976. The van der Waals surface area contributed by atoms with E-state index in [2.05, 4.69) is 24.8 Å². The van der Waals surface area contributed by atoms with Crippen LogP contribution in [0.1, 0.15) is 81.8 Å². The van der Waals surface area contributed by atoms with Gasteiger partial charge in [0.2, 0.25) is 0 Å². The van der Waals surface area contributed by atoms with Gasteiger partial charge < -0.3 is 5.11 Å². The lowest BCUT2D eigenvalue weighted by Crippen LogP contribution is -2.51. The molecule has 5 aliphatic rings. The molecule has 0 heterocycles. The van der Waals surface area contributed by atoms with E-state index < -0.39 is 5.60 Å². The van der Waals surface area contributed by atoms with Crippen LogP contribution >= 0.6 is 0 Å². The second kappa shape index (κ2) is 7.41. The molecule has 1 N–H and O–H groups in total. The van der Waals surface area contributed by atoms with Gasteiger partial charge in [0.05, 0.1) is 0 Å². The molecule has 0 aliphatic heterocycles. The highest BCUT2D eigenvalue weighted by atomic mass is 19.1. The molecule has 172 valence electrons. The smallest absolute Gasteiger partial charge is 0.156 e. The normalized spacial score (nSPS) is 37.5. The van der Waals surface area contributed by atoms with E-state index in [9.17, 15) is 14.3 Å². The third-order valence-electron chi connectivity index (χ3n) is 9.55. The van der Waals surface area contributed by atoms with Crippen molar-refractivity contribution < 1.29 is 14.3 Å². The Morgan fingerprint density at radius 1 is 1.12 bits per heavy atom. The van der Waals surface area contributed by atoms with E-state index in [0.717, 1.165) is 56.9 Å². The van der Waals surface area contributed by atoms with Crippen molar-refractivity contribution in [1.82, 2.24) is 0 Å². The summed E-state index contributed by atoms with van der Waals surface area (Å²) in [5.41, 5.74) is 4.38. The standard InChI is InChI=1S/C30H33FO2/c1-18-3-6-21(16-27(18)31)25-17-29(2)26(12-14-30(29,33)13-11-19-4-5-19)24-9-7-20-15-22(32)8-10-23(20)28(24)25/h3,6,15-16,19,24-26,33H,4-5,7-10,12,14,17H2,1-2H3/t24-,25+,26-,29-,30-/m0/s1. The van der Waals surface area contributed by atoms with Crippen LogP contribution in [0, 0.1) is 47.8 Å². The molecule has 6 rings (SSSR count). The molecule has 3 fully saturated rings. The number of aryl methyl sites for hydroxylation is 1. The Bertz CT molecular complexity index is 1160. The van der Waals surface area contributed by atoms with Crippen LogP contribution in [-0.4, -0.2) is 16.5 Å². The van der Waals surface area contributed by atoms with E-state index in [0.29, 0.717) is 29.7 Å². The van der Waals surface area contributed by atoms with Crippen molar-refractivity contribution in [2.75, 3.05) is 0 Å². The molecular weight excluding hydrogens is 411 g/mol. The molecule has 1 aromatic carbocycles. The lowest BCUT2D eigenvalue weighted by molar-refractivity contribution is -0.114. The minimum absolute atomic E-state index is 0.0607. The molecule has 5 aliphatic carbocycles. The fourth-order valence-electron chi connectivity index (χ4n) is 7.44. The number of allylic oxidation sites excluding steroid dienone is 4. The number of aliphatic hydroxyl groups is 1. The molecule has 1 aromatic rings. The predicted molar refractivity (Wildman–Crippen MR) is 127 cm³/mol. The first-order valence-electron chi connectivity index (χ1n) is 12.8. The second-order valence-corrected chi connectivity index (χ2v) is 11.4. The summed E-state index contributed by atoms with van der Waals surface area (Å²) in [6, 6.07) is 5.68. The second-order valence-electron chi connectivity index (χ2n) is 11.4. The maximum Gasteiger partial charge on any atom is 0.156 e. The molecule has 0 aromatic heterocycles. The highest BCUT2D eigenvalue weighted by Crippen LogP contribution is 2.66. The lowest BCUT2D eigenvalue weighted by Gasteiger charge is -2.53. The minimum Gasteiger partial charge on any atom is -0.377 e. The van der Waals surface area contributed by atoms with Crippen LogP contribution in [0.15, 0.2) is 41.0 Å². The lowest BCUT2D eigenvalue weighted by atomic mass is 9.51. The molecule has 0 spiro atoms. The first kappa shape index (κ1) is 21.4. The number of ketones is 1. The van der Waals surface area contributed by atoms with E-state index in [1.807, 2.05) is 12.1 Å². The molecule has 2 nitrogen and oxygen atoms in total.